The van der Waals surface area contributed by atoms with Gasteiger partial charge in [-0.1, -0.05) is 6.07 Å². The molecule has 2 heterocycles. The molecular weight excluding hydrogens is 272 g/mol. The Balaban J connectivity index is 1.87. The number of carbonyl (C=O) groups excluding carboxylic acids is 3. The summed E-state index contributed by atoms with van der Waals surface area (Å²) in [4.78, 5) is 36.5. The molecule has 1 N–H and O–H groups in total. The first-order chi connectivity index (χ1) is 10.2. The van der Waals surface area contributed by atoms with Gasteiger partial charge in [-0.3, -0.25) is 14.4 Å². The van der Waals surface area contributed by atoms with Gasteiger partial charge in [-0.25, -0.2) is 0 Å². The lowest BCUT2D eigenvalue weighted by Gasteiger charge is -2.30. The maximum atomic E-state index is 12.5. The highest BCUT2D eigenvalue weighted by molar-refractivity contribution is 6.01. The fraction of sp³-hybridized carbons (Fsp3) is 0.400. The second-order valence-electron chi connectivity index (χ2n) is 5.14. The predicted octanol–water partition coefficient (Wildman–Crippen LogP) is 0.499. The number of nitrogens with one attached hydrogen (secondary N) is 1. The minimum atomic E-state index is -0.419. The summed E-state index contributed by atoms with van der Waals surface area (Å²) < 4.78 is 5.36. The van der Waals surface area contributed by atoms with Crippen molar-refractivity contribution in [1.29, 1.82) is 0 Å². The third-order valence-electron chi connectivity index (χ3n) is 3.89. The van der Waals surface area contributed by atoms with E-state index >= 15 is 0 Å². The Kier molecular flexibility index (Phi) is 3.60. The Morgan fingerprint density at radius 3 is 3.00 bits per heavy atom. The van der Waals surface area contributed by atoms with Crippen LogP contribution in [0.15, 0.2) is 18.2 Å². The summed E-state index contributed by atoms with van der Waals surface area (Å²) in [5.41, 5.74) is 1.31. The number of hydrogen-bond donors (Lipinski definition) is 1. The van der Waals surface area contributed by atoms with E-state index in [1.165, 1.54) is 0 Å². The van der Waals surface area contributed by atoms with Gasteiger partial charge in [0, 0.05) is 17.7 Å². The lowest BCUT2D eigenvalue weighted by molar-refractivity contribution is -0.127. The number of amides is 2. The topological polar surface area (TPSA) is 75.7 Å². The number of nitrogens with zero attached hydrogens (tertiary/aromatic N) is 1. The summed E-state index contributed by atoms with van der Waals surface area (Å²) in [6, 6.07) is 4.77. The van der Waals surface area contributed by atoms with E-state index in [1.54, 1.807) is 23.1 Å². The van der Waals surface area contributed by atoms with E-state index < -0.39 is 6.04 Å². The average Bonchev–Trinajstić information content (AvgIpc) is 2.83. The number of rotatable bonds is 4. The second kappa shape index (κ2) is 5.55. The van der Waals surface area contributed by atoms with Crippen LogP contribution in [0.1, 0.15) is 28.8 Å². The Morgan fingerprint density at radius 2 is 2.24 bits per heavy atom. The van der Waals surface area contributed by atoms with Gasteiger partial charge in [0.1, 0.15) is 18.4 Å². The predicted molar refractivity (Wildman–Crippen MR) is 73.9 cm³/mol. The van der Waals surface area contributed by atoms with E-state index in [1.807, 2.05) is 0 Å². The summed E-state index contributed by atoms with van der Waals surface area (Å²) in [6.07, 6.45) is 2.21. The highest BCUT2D eigenvalue weighted by Crippen LogP contribution is 2.33. The summed E-state index contributed by atoms with van der Waals surface area (Å²) in [6.45, 7) is 0.966. The zero-order valence-electron chi connectivity index (χ0n) is 11.5. The number of ether oxygens (including phenoxy) is 1. The maximum absolute atomic E-state index is 12.5. The molecule has 1 aromatic carbocycles. The molecule has 1 saturated heterocycles. The quantitative estimate of drug-likeness (QED) is 0.819. The first-order valence-corrected chi connectivity index (χ1v) is 6.99. The standard InChI is InChI=1S/C15H16N2O4/c18-7-8-21-13-5-1-3-10-11(13)9-17(15(10)20)12-4-2-6-16-14(12)19/h1,3,5,7,12H,2,4,6,8-9H2,(H,16,19). The first-order valence-electron chi connectivity index (χ1n) is 6.99. The van der Waals surface area contributed by atoms with Crippen molar-refractivity contribution in [1.82, 2.24) is 10.2 Å². The summed E-state index contributed by atoms with van der Waals surface area (Å²) in [7, 11) is 0. The fourth-order valence-electron chi connectivity index (χ4n) is 2.89. The van der Waals surface area contributed by atoms with Gasteiger partial charge in [0.25, 0.3) is 5.91 Å². The molecule has 1 unspecified atom stereocenters. The Morgan fingerprint density at radius 1 is 1.38 bits per heavy atom. The average molecular weight is 288 g/mol. The Bertz CT molecular complexity index is 599. The van der Waals surface area contributed by atoms with Crippen molar-refractivity contribution in [2.45, 2.75) is 25.4 Å². The van der Waals surface area contributed by atoms with Crippen molar-refractivity contribution < 1.29 is 19.1 Å². The third kappa shape index (κ3) is 2.37. The molecule has 0 radical (unpaired) electrons. The normalized spacial score (nSPS) is 21.0. The second-order valence-corrected chi connectivity index (χ2v) is 5.14. The SMILES string of the molecule is O=CCOc1cccc2c1CN(C1CCCNC1=O)C2=O. The third-order valence-corrected chi connectivity index (χ3v) is 3.89. The molecule has 2 aliphatic heterocycles. The van der Waals surface area contributed by atoms with E-state index in [2.05, 4.69) is 5.32 Å². The molecule has 0 spiro atoms. The van der Waals surface area contributed by atoms with Crippen LogP contribution < -0.4 is 10.1 Å². The van der Waals surface area contributed by atoms with Gasteiger partial charge in [0.05, 0.1) is 6.54 Å². The summed E-state index contributed by atoms with van der Waals surface area (Å²) >= 11 is 0. The molecular formula is C15H16N2O4. The lowest BCUT2D eigenvalue weighted by atomic mass is 10.1. The minimum Gasteiger partial charge on any atom is -0.486 e. The maximum Gasteiger partial charge on any atom is 0.255 e. The van der Waals surface area contributed by atoms with E-state index in [9.17, 15) is 14.4 Å². The molecule has 6 heteroatoms. The molecule has 1 fully saturated rings. The summed E-state index contributed by atoms with van der Waals surface area (Å²) in [5, 5.41) is 2.79. The van der Waals surface area contributed by atoms with Gasteiger partial charge >= 0.3 is 0 Å². The summed E-state index contributed by atoms with van der Waals surface area (Å²) in [5.74, 6) is 0.285. The van der Waals surface area contributed by atoms with Crippen LogP contribution in [0.4, 0.5) is 0 Å². The zero-order valence-corrected chi connectivity index (χ0v) is 11.5. The van der Waals surface area contributed by atoms with Gasteiger partial charge in [0.2, 0.25) is 5.91 Å². The number of fused-ring (bicyclic) bond motifs is 1. The number of benzene rings is 1. The van der Waals surface area contributed by atoms with Crippen LogP contribution in [-0.2, 0) is 16.1 Å². The molecule has 0 bridgehead atoms. The number of carbonyl (C=O) groups is 3. The van der Waals surface area contributed by atoms with E-state index in [0.29, 0.717) is 37.1 Å². The van der Waals surface area contributed by atoms with Gasteiger partial charge in [-0.2, -0.15) is 0 Å². The van der Waals surface area contributed by atoms with Crippen molar-refractivity contribution in [3.63, 3.8) is 0 Å². The molecule has 2 amide bonds. The molecule has 1 aromatic rings. The molecule has 0 saturated carbocycles. The molecule has 1 atom stereocenters. The van der Waals surface area contributed by atoms with Crippen molar-refractivity contribution in [2.75, 3.05) is 13.2 Å². The van der Waals surface area contributed by atoms with Crippen LogP contribution in [0.2, 0.25) is 0 Å². The fourth-order valence-corrected chi connectivity index (χ4v) is 2.89. The minimum absolute atomic E-state index is 0.0471. The molecule has 6 nitrogen and oxygen atoms in total. The lowest BCUT2D eigenvalue weighted by Crippen LogP contribution is -2.50. The van der Waals surface area contributed by atoms with E-state index in [0.717, 1.165) is 12.0 Å². The van der Waals surface area contributed by atoms with Crippen molar-refractivity contribution in [3.8, 4) is 5.75 Å². The highest BCUT2D eigenvalue weighted by atomic mass is 16.5. The van der Waals surface area contributed by atoms with Crippen LogP contribution in [0.3, 0.4) is 0 Å². The van der Waals surface area contributed by atoms with Crippen molar-refractivity contribution in [2.24, 2.45) is 0 Å². The smallest absolute Gasteiger partial charge is 0.255 e. The number of aldehydes is 1. The Labute approximate surface area is 122 Å². The van der Waals surface area contributed by atoms with Gasteiger partial charge in [0.15, 0.2) is 6.29 Å². The first kappa shape index (κ1) is 13.6. The van der Waals surface area contributed by atoms with E-state index in [4.69, 9.17) is 4.74 Å². The van der Waals surface area contributed by atoms with Crippen LogP contribution >= 0.6 is 0 Å². The monoisotopic (exact) mass is 288 g/mol. The van der Waals surface area contributed by atoms with Crippen LogP contribution in [0.25, 0.3) is 0 Å². The highest BCUT2D eigenvalue weighted by Gasteiger charge is 2.38. The van der Waals surface area contributed by atoms with Crippen LogP contribution in [0, 0.1) is 0 Å². The largest absolute Gasteiger partial charge is 0.486 e. The molecule has 0 aromatic heterocycles. The molecule has 21 heavy (non-hydrogen) atoms. The molecule has 110 valence electrons. The Hall–Kier alpha value is -2.37. The number of piperidine rings is 1. The van der Waals surface area contributed by atoms with Gasteiger partial charge in [-0.15, -0.1) is 0 Å². The van der Waals surface area contributed by atoms with Gasteiger partial charge in [-0.05, 0) is 25.0 Å². The van der Waals surface area contributed by atoms with Crippen molar-refractivity contribution >= 4 is 18.1 Å². The van der Waals surface area contributed by atoms with Crippen LogP contribution in [0.5, 0.6) is 5.75 Å². The molecule has 2 aliphatic rings. The van der Waals surface area contributed by atoms with Crippen LogP contribution in [-0.4, -0.2) is 42.2 Å². The zero-order chi connectivity index (χ0) is 14.8. The molecule has 3 rings (SSSR count). The number of hydrogen-bond acceptors (Lipinski definition) is 4. The van der Waals surface area contributed by atoms with Crippen molar-refractivity contribution in [3.05, 3.63) is 29.3 Å². The van der Waals surface area contributed by atoms with E-state index in [-0.39, 0.29) is 18.4 Å². The molecule has 0 aliphatic carbocycles. The van der Waals surface area contributed by atoms with Gasteiger partial charge < -0.3 is 15.0 Å².